The van der Waals surface area contributed by atoms with E-state index in [-0.39, 0.29) is 23.8 Å². The van der Waals surface area contributed by atoms with Crippen molar-refractivity contribution in [2.75, 3.05) is 12.4 Å². The normalized spacial score (nSPS) is 11.4. The number of aryl methyl sites for hydroxylation is 2. The van der Waals surface area contributed by atoms with Gasteiger partial charge in [0.1, 0.15) is 5.69 Å². The summed E-state index contributed by atoms with van der Waals surface area (Å²) in [6, 6.07) is 5.67. The highest BCUT2D eigenvalue weighted by atomic mass is 16.5. The summed E-state index contributed by atoms with van der Waals surface area (Å²) in [6.07, 6.45) is 2.22. The molecule has 2 amide bonds. The number of anilines is 1. The Hall–Kier alpha value is -3.29. The second-order valence-electron chi connectivity index (χ2n) is 8.51. The van der Waals surface area contributed by atoms with E-state index in [1.165, 1.54) is 0 Å². The molecule has 3 rings (SSSR count). The van der Waals surface area contributed by atoms with Crippen molar-refractivity contribution in [3.05, 3.63) is 30.0 Å². The van der Waals surface area contributed by atoms with Crippen molar-refractivity contribution in [1.29, 1.82) is 0 Å². The van der Waals surface area contributed by atoms with Crippen molar-refractivity contribution in [2.24, 2.45) is 20.0 Å². The minimum absolute atomic E-state index is 0.0148. The summed E-state index contributed by atoms with van der Waals surface area (Å²) < 4.78 is 9.43. The first-order valence-corrected chi connectivity index (χ1v) is 10.4. The number of nitrogens with zero attached hydrogens (tertiary/aromatic N) is 3. The molecule has 0 unspecified atom stereocenters. The van der Waals surface area contributed by atoms with E-state index >= 15 is 0 Å². The highest BCUT2D eigenvalue weighted by molar-refractivity contribution is 6.00. The average Bonchev–Trinajstić information content (AvgIpc) is 3.16. The van der Waals surface area contributed by atoms with Crippen molar-refractivity contribution < 1.29 is 14.3 Å². The van der Waals surface area contributed by atoms with Crippen LogP contribution in [-0.4, -0.2) is 39.1 Å². The molecule has 2 aromatic heterocycles. The zero-order valence-corrected chi connectivity index (χ0v) is 19.2. The number of aromatic nitrogens is 3. The van der Waals surface area contributed by atoms with Crippen LogP contribution in [0.25, 0.3) is 22.6 Å². The number of carbonyl (C=O) groups is 2. The molecule has 166 valence electrons. The molecule has 31 heavy (non-hydrogen) atoms. The summed E-state index contributed by atoms with van der Waals surface area (Å²) in [5.41, 5.74) is 3.53. The first-order chi connectivity index (χ1) is 14.6. The Labute approximate surface area is 182 Å². The number of methoxy groups -OCH3 is 1. The fourth-order valence-corrected chi connectivity index (χ4v) is 3.64. The molecule has 0 saturated heterocycles. The van der Waals surface area contributed by atoms with Crippen LogP contribution < -0.4 is 15.4 Å². The number of rotatable bonds is 7. The van der Waals surface area contributed by atoms with E-state index in [1.807, 2.05) is 69.1 Å². The van der Waals surface area contributed by atoms with Crippen molar-refractivity contribution in [2.45, 2.75) is 40.2 Å². The number of hydrogen-bond donors (Lipinski definition) is 2. The minimum Gasteiger partial charge on any atom is -0.494 e. The van der Waals surface area contributed by atoms with E-state index in [2.05, 4.69) is 10.6 Å². The Balaban J connectivity index is 2.03. The number of carbonyl (C=O) groups excluding carboxylic acids is 2. The molecule has 1 aromatic carbocycles. The summed E-state index contributed by atoms with van der Waals surface area (Å²) in [5.74, 6) is 1.23. The fraction of sp³-hybridized carbons (Fsp3) is 0.435. The largest absolute Gasteiger partial charge is 0.494 e. The Morgan fingerprint density at radius 1 is 1.16 bits per heavy atom. The number of fused-ring (bicyclic) bond motifs is 1. The number of imidazole rings is 1. The SMILES string of the molecule is COc1c(C(=O)NC(C)C)cn(C)c1-c1nc2cc(NC(=O)CC(C)C)ccc2n1C. The van der Waals surface area contributed by atoms with E-state index in [0.29, 0.717) is 34.9 Å². The molecule has 0 saturated carbocycles. The van der Waals surface area contributed by atoms with Gasteiger partial charge in [-0.2, -0.15) is 0 Å². The van der Waals surface area contributed by atoms with E-state index in [4.69, 9.17) is 9.72 Å². The second kappa shape index (κ2) is 8.83. The molecule has 0 spiro atoms. The van der Waals surface area contributed by atoms with Crippen LogP contribution in [0.5, 0.6) is 5.75 Å². The van der Waals surface area contributed by atoms with Crippen molar-refractivity contribution in [3.63, 3.8) is 0 Å². The maximum absolute atomic E-state index is 12.6. The van der Waals surface area contributed by atoms with Gasteiger partial charge in [0.15, 0.2) is 11.6 Å². The van der Waals surface area contributed by atoms with Crippen molar-refractivity contribution in [1.82, 2.24) is 19.4 Å². The van der Waals surface area contributed by atoms with Crippen molar-refractivity contribution >= 4 is 28.5 Å². The molecule has 8 nitrogen and oxygen atoms in total. The van der Waals surface area contributed by atoms with Crippen LogP contribution >= 0.6 is 0 Å². The summed E-state index contributed by atoms with van der Waals surface area (Å²) in [6.45, 7) is 7.85. The van der Waals surface area contributed by atoms with Crippen LogP contribution in [-0.2, 0) is 18.9 Å². The van der Waals surface area contributed by atoms with Gasteiger partial charge in [-0.1, -0.05) is 13.8 Å². The lowest BCUT2D eigenvalue weighted by Gasteiger charge is -2.10. The first kappa shape index (κ1) is 22.4. The van der Waals surface area contributed by atoms with Crippen LogP contribution in [0.3, 0.4) is 0 Å². The van der Waals surface area contributed by atoms with E-state index < -0.39 is 0 Å². The number of benzene rings is 1. The zero-order chi connectivity index (χ0) is 22.9. The van der Waals surface area contributed by atoms with Gasteiger partial charge in [0, 0.05) is 38.4 Å². The topological polar surface area (TPSA) is 90.2 Å². The van der Waals surface area contributed by atoms with E-state index in [1.54, 1.807) is 13.3 Å². The van der Waals surface area contributed by atoms with E-state index in [0.717, 1.165) is 11.0 Å². The minimum atomic E-state index is -0.192. The molecular weight excluding hydrogens is 394 g/mol. The van der Waals surface area contributed by atoms with Gasteiger partial charge < -0.3 is 24.5 Å². The summed E-state index contributed by atoms with van der Waals surface area (Å²) in [4.78, 5) is 29.6. The molecular formula is C23H31N5O3. The Bertz CT molecular complexity index is 1120. The predicted octanol–water partition coefficient (Wildman–Crippen LogP) is 3.71. The Morgan fingerprint density at radius 3 is 2.48 bits per heavy atom. The third-order valence-corrected chi connectivity index (χ3v) is 4.97. The highest BCUT2D eigenvalue weighted by Crippen LogP contribution is 2.36. The lowest BCUT2D eigenvalue weighted by molar-refractivity contribution is -0.116. The predicted molar refractivity (Wildman–Crippen MR) is 122 cm³/mol. The zero-order valence-electron chi connectivity index (χ0n) is 19.2. The van der Waals surface area contributed by atoms with Gasteiger partial charge in [-0.25, -0.2) is 4.98 Å². The van der Waals surface area contributed by atoms with Gasteiger partial charge in [-0.15, -0.1) is 0 Å². The molecule has 0 aliphatic carbocycles. The monoisotopic (exact) mass is 425 g/mol. The molecule has 3 aromatic rings. The maximum Gasteiger partial charge on any atom is 0.256 e. The molecule has 0 aliphatic heterocycles. The van der Waals surface area contributed by atoms with Gasteiger partial charge in [0.25, 0.3) is 5.91 Å². The third kappa shape index (κ3) is 4.57. The maximum atomic E-state index is 12.6. The third-order valence-electron chi connectivity index (χ3n) is 4.97. The molecule has 0 fully saturated rings. The van der Waals surface area contributed by atoms with Gasteiger partial charge in [-0.05, 0) is 38.0 Å². The van der Waals surface area contributed by atoms with Gasteiger partial charge in [0.05, 0.1) is 23.7 Å². The first-order valence-electron chi connectivity index (χ1n) is 10.4. The molecule has 0 bridgehead atoms. The Morgan fingerprint density at radius 2 is 1.87 bits per heavy atom. The number of ether oxygens (including phenoxy) is 1. The summed E-state index contributed by atoms with van der Waals surface area (Å²) in [5, 5.41) is 5.84. The Kier molecular flexibility index (Phi) is 6.38. The fourth-order valence-electron chi connectivity index (χ4n) is 3.64. The number of hydrogen-bond acceptors (Lipinski definition) is 4. The number of nitrogens with one attached hydrogen (secondary N) is 2. The summed E-state index contributed by atoms with van der Waals surface area (Å²) in [7, 11) is 5.33. The lowest BCUT2D eigenvalue weighted by atomic mass is 10.1. The second-order valence-corrected chi connectivity index (χ2v) is 8.51. The molecule has 0 atom stereocenters. The molecule has 2 heterocycles. The standard InChI is InChI=1S/C23H31N5O3/c1-13(2)10-19(29)25-15-8-9-18-17(11-15)26-22(28(18)6)20-21(31-7)16(12-27(20)5)23(30)24-14(3)4/h8-9,11-14H,10H2,1-7H3,(H,24,30)(H,25,29). The molecule has 0 aliphatic rings. The van der Waals surface area contributed by atoms with Crippen molar-refractivity contribution in [3.8, 4) is 17.3 Å². The molecule has 8 heteroatoms. The van der Waals surface area contributed by atoms with Crippen LogP contribution in [0.1, 0.15) is 44.5 Å². The van der Waals surface area contributed by atoms with Crippen LogP contribution in [0.2, 0.25) is 0 Å². The molecule has 0 radical (unpaired) electrons. The average molecular weight is 426 g/mol. The van der Waals surface area contributed by atoms with Gasteiger partial charge >= 0.3 is 0 Å². The van der Waals surface area contributed by atoms with E-state index in [9.17, 15) is 9.59 Å². The summed E-state index contributed by atoms with van der Waals surface area (Å²) >= 11 is 0. The quantitative estimate of drug-likeness (QED) is 0.604. The van der Waals surface area contributed by atoms with Gasteiger partial charge in [0.2, 0.25) is 5.91 Å². The van der Waals surface area contributed by atoms with Crippen LogP contribution in [0.15, 0.2) is 24.4 Å². The molecule has 2 N–H and O–H groups in total. The van der Waals surface area contributed by atoms with Crippen LogP contribution in [0, 0.1) is 5.92 Å². The lowest BCUT2D eigenvalue weighted by Crippen LogP contribution is -2.30. The highest BCUT2D eigenvalue weighted by Gasteiger charge is 2.25. The smallest absolute Gasteiger partial charge is 0.256 e. The van der Waals surface area contributed by atoms with Crippen LogP contribution in [0.4, 0.5) is 5.69 Å². The van der Waals surface area contributed by atoms with Gasteiger partial charge in [-0.3, -0.25) is 9.59 Å². The number of amides is 2.